The van der Waals surface area contributed by atoms with Crippen molar-refractivity contribution >= 4 is 28.5 Å². The number of aryl methyl sites for hydroxylation is 2. The van der Waals surface area contributed by atoms with Crippen LogP contribution in [0.4, 0.5) is 5.82 Å². The van der Waals surface area contributed by atoms with E-state index >= 15 is 0 Å². The third-order valence-electron chi connectivity index (χ3n) is 3.95. The Morgan fingerprint density at radius 3 is 2.84 bits per heavy atom. The lowest BCUT2D eigenvalue weighted by atomic mass is 10.2. The van der Waals surface area contributed by atoms with Crippen molar-refractivity contribution in [1.29, 1.82) is 0 Å². The molecule has 0 aliphatic heterocycles. The maximum Gasteiger partial charge on any atom is 0.245 e. The number of carbonyl (C=O) groups is 2. The van der Waals surface area contributed by atoms with Crippen LogP contribution in [0.15, 0.2) is 47.1 Å². The van der Waals surface area contributed by atoms with Crippen LogP contribution >= 0.6 is 0 Å². The molecule has 1 aromatic carbocycles. The Balaban J connectivity index is 1.51. The van der Waals surface area contributed by atoms with E-state index in [2.05, 4.69) is 10.5 Å². The molecule has 0 saturated carbocycles. The van der Waals surface area contributed by atoms with Gasteiger partial charge in [0.1, 0.15) is 5.76 Å². The van der Waals surface area contributed by atoms with Gasteiger partial charge in [-0.25, -0.2) is 0 Å². The van der Waals surface area contributed by atoms with Gasteiger partial charge in [-0.1, -0.05) is 23.4 Å². The van der Waals surface area contributed by atoms with E-state index in [1.165, 1.54) is 4.90 Å². The highest BCUT2D eigenvalue weighted by Gasteiger charge is 2.14. The molecule has 0 unspecified atom stereocenters. The summed E-state index contributed by atoms with van der Waals surface area (Å²) in [7, 11) is 1.61. The summed E-state index contributed by atoms with van der Waals surface area (Å²) < 4.78 is 6.93. The number of benzene rings is 1. The van der Waals surface area contributed by atoms with Gasteiger partial charge in [-0.2, -0.15) is 0 Å². The van der Waals surface area contributed by atoms with Crippen molar-refractivity contribution in [2.75, 3.05) is 18.9 Å². The molecule has 7 nitrogen and oxygen atoms in total. The minimum absolute atomic E-state index is 0.0306. The molecule has 2 amide bonds. The second-order valence-corrected chi connectivity index (χ2v) is 5.94. The van der Waals surface area contributed by atoms with E-state index in [1.807, 2.05) is 41.1 Å². The van der Waals surface area contributed by atoms with Crippen molar-refractivity contribution in [2.45, 2.75) is 19.9 Å². The first-order valence-corrected chi connectivity index (χ1v) is 8.04. The van der Waals surface area contributed by atoms with Gasteiger partial charge >= 0.3 is 0 Å². The second-order valence-electron chi connectivity index (χ2n) is 5.94. The summed E-state index contributed by atoms with van der Waals surface area (Å²) >= 11 is 0. The van der Waals surface area contributed by atoms with Crippen molar-refractivity contribution in [3.05, 3.63) is 48.4 Å². The summed E-state index contributed by atoms with van der Waals surface area (Å²) in [5.41, 5.74) is 1.09. The molecule has 25 heavy (non-hydrogen) atoms. The third kappa shape index (κ3) is 4.06. The molecular weight excluding hydrogens is 320 g/mol. The van der Waals surface area contributed by atoms with Crippen LogP contribution < -0.4 is 5.32 Å². The predicted octanol–water partition coefficient (Wildman–Crippen LogP) is 2.42. The van der Waals surface area contributed by atoms with E-state index < -0.39 is 0 Å². The molecule has 0 spiro atoms. The molecule has 130 valence electrons. The van der Waals surface area contributed by atoms with Crippen molar-refractivity contribution < 1.29 is 14.1 Å². The van der Waals surface area contributed by atoms with E-state index in [1.54, 1.807) is 20.0 Å². The van der Waals surface area contributed by atoms with E-state index in [0.29, 0.717) is 24.5 Å². The van der Waals surface area contributed by atoms with E-state index in [0.717, 1.165) is 10.9 Å². The summed E-state index contributed by atoms with van der Waals surface area (Å²) in [5, 5.41) is 7.44. The first-order chi connectivity index (χ1) is 12.0. The van der Waals surface area contributed by atoms with Crippen LogP contribution in [0.3, 0.4) is 0 Å². The van der Waals surface area contributed by atoms with Crippen LogP contribution in [0.2, 0.25) is 0 Å². The highest BCUT2D eigenvalue weighted by Crippen LogP contribution is 2.15. The van der Waals surface area contributed by atoms with Crippen LogP contribution in [0.1, 0.15) is 12.2 Å². The monoisotopic (exact) mass is 340 g/mol. The molecule has 0 saturated heterocycles. The molecule has 0 radical (unpaired) electrons. The van der Waals surface area contributed by atoms with Gasteiger partial charge in [0.2, 0.25) is 11.8 Å². The minimum Gasteiger partial charge on any atom is -0.360 e. The highest BCUT2D eigenvalue weighted by atomic mass is 16.5. The first kappa shape index (κ1) is 16.8. The summed E-state index contributed by atoms with van der Waals surface area (Å²) in [4.78, 5) is 25.6. The maximum atomic E-state index is 12.3. The molecule has 0 aliphatic carbocycles. The zero-order valence-corrected chi connectivity index (χ0v) is 14.2. The summed E-state index contributed by atoms with van der Waals surface area (Å²) in [6.07, 6.45) is 2.29. The van der Waals surface area contributed by atoms with Crippen molar-refractivity contribution in [3.63, 3.8) is 0 Å². The summed E-state index contributed by atoms with van der Waals surface area (Å²) in [6, 6.07) is 11.7. The number of hydrogen-bond acceptors (Lipinski definition) is 4. The van der Waals surface area contributed by atoms with Gasteiger partial charge in [-0.05, 0) is 24.4 Å². The molecule has 2 aromatic heterocycles. The quantitative estimate of drug-likeness (QED) is 0.747. The van der Waals surface area contributed by atoms with Crippen LogP contribution in [0.25, 0.3) is 10.9 Å². The van der Waals surface area contributed by atoms with Gasteiger partial charge in [-0.15, -0.1) is 0 Å². The Kier molecular flexibility index (Phi) is 4.83. The molecule has 3 aromatic rings. The summed E-state index contributed by atoms with van der Waals surface area (Å²) in [6.45, 7) is 2.28. The normalized spacial score (nSPS) is 10.8. The van der Waals surface area contributed by atoms with E-state index in [4.69, 9.17) is 4.52 Å². The molecule has 1 N–H and O–H groups in total. The van der Waals surface area contributed by atoms with Gasteiger partial charge in [0.15, 0.2) is 5.82 Å². The van der Waals surface area contributed by atoms with Gasteiger partial charge in [0, 0.05) is 37.8 Å². The van der Waals surface area contributed by atoms with Crippen LogP contribution in [-0.2, 0) is 16.1 Å². The SMILES string of the molecule is Cc1cc(NC(=O)CN(C)C(=O)CCn2ccc3ccccc32)no1. The largest absolute Gasteiger partial charge is 0.360 e. The Morgan fingerprint density at radius 2 is 2.08 bits per heavy atom. The number of carbonyl (C=O) groups excluding carboxylic acids is 2. The second kappa shape index (κ2) is 7.21. The Bertz CT molecular complexity index is 897. The molecule has 0 atom stereocenters. The van der Waals surface area contributed by atoms with E-state index in [9.17, 15) is 9.59 Å². The number of amides is 2. The highest BCUT2D eigenvalue weighted by molar-refractivity contribution is 5.93. The van der Waals surface area contributed by atoms with Crippen molar-refractivity contribution in [2.24, 2.45) is 0 Å². The zero-order valence-electron chi connectivity index (χ0n) is 14.2. The number of hydrogen-bond donors (Lipinski definition) is 1. The number of aromatic nitrogens is 2. The number of nitrogens with one attached hydrogen (secondary N) is 1. The summed E-state index contributed by atoms with van der Waals surface area (Å²) in [5.74, 6) is 0.556. The van der Waals surface area contributed by atoms with E-state index in [-0.39, 0.29) is 18.4 Å². The number of anilines is 1. The Morgan fingerprint density at radius 1 is 1.28 bits per heavy atom. The van der Waals surface area contributed by atoms with Crippen LogP contribution in [0, 0.1) is 6.92 Å². The average Bonchev–Trinajstić information content (AvgIpc) is 3.18. The Labute approximate surface area is 145 Å². The lowest BCUT2D eigenvalue weighted by molar-refractivity contribution is -0.133. The third-order valence-corrected chi connectivity index (χ3v) is 3.95. The van der Waals surface area contributed by atoms with Crippen LogP contribution in [0.5, 0.6) is 0 Å². The minimum atomic E-state index is -0.310. The molecular formula is C18H20N4O3. The number of likely N-dealkylation sites (N-methyl/N-ethyl adjacent to an activating group) is 1. The lowest BCUT2D eigenvalue weighted by Gasteiger charge is -2.16. The lowest BCUT2D eigenvalue weighted by Crippen LogP contribution is -2.35. The fraction of sp³-hybridized carbons (Fsp3) is 0.278. The maximum absolute atomic E-state index is 12.3. The molecule has 0 aliphatic rings. The zero-order chi connectivity index (χ0) is 17.8. The fourth-order valence-corrected chi connectivity index (χ4v) is 2.65. The molecule has 2 heterocycles. The fourth-order valence-electron chi connectivity index (χ4n) is 2.65. The average molecular weight is 340 g/mol. The molecule has 0 fully saturated rings. The number of rotatable bonds is 6. The molecule has 3 rings (SSSR count). The first-order valence-electron chi connectivity index (χ1n) is 8.04. The Hall–Kier alpha value is -3.09. The van der Waals surface area contributed by atoms with Gasteiger partial charge < -0.3 is 19.3 Å². The topological polar surface area (TPSA) is 80.4 Å². The number of para-hydroxylation sites is 1. The molecule has 7 heteroatoms. The van der Waals surface area contributed by atoms with Crippen molar-refractivity contribution in [1.82, 2.24) is 14.6 Å². The smallest absolute Gasteiger partial charge is 0.245 e. The standard InChI is InChI=1S/C18H20N4O3/c1-13-11-16(20-25-13)19-17(23)12-21(2)18(24)8-10-22-9-7-14-5-3-4-6-15(14)22/h3-7,9,11H,8,10,12H2,1-2H3,(H,19,20,23). The van der Waals surface area contributed by atoms with Gasteiger partial charge in [0.25, 0.3) is 0 Å². The number of nitrogens with zero attached hydrogens (tertiary/aromatic N) is 3. The van der Waals surface area contributed by atoms with Gasteiger partial charge in [-0.3, -0.25) is 9.59 Å². The van der Waals surface area contributed by atoms with Gasteiger partial charge in [0.05, 0.1) is 6.54 Å². The number of fused-ring (bicyclic) bond motifs is 1. The van der Waals surface area contributed by atoms with Crippen molar-refractivity contribution in [3.8, 4) is 0 Å². The molecule has 0 bridgehead atoms. The predicted molar refractivity (Wildman–Crippen MR) is 94.1 cm³/mol. The van der Waals surface area contributed by atoms with Crippen LogP contribution in [-0.4, -0.2) is 40.0 Å².